The molecule has 0 saturated heterocycles. The molecule has 0 aliphatic heterocycles. The number of anilines is 1. The van der Waals surface area contributed by atoms with E-state index in [-0.39, 0.29) is 23.1 Å². The molecule has 0 fully saturated rings. The lowest BCUT2D eigenvalue weighted by molar-refractivity contribution is 0.0827. The average molecular weight is 292 g/mol. The summed E-state index contributed by atoms with van der Waals surface area (Å²) in [5.41, 5.74) is 6.32. The van der Waals surface area contributed by atoms with Gasteiger partial charge >= 0.3 is 0 Å². The van der Waals surface area contributed by atoms with Gasteiger partial charge in [0.2, 0.25) is 0 Å². The Labute approximate surface area is 120 Å². The Morgan fingerprint density at radius 3 is 2.43 bits per heavy atom. The first-order valence-electron chi connectivity index (χ1n) is 6.12. The van der Waals surface area contributed by atoms with Crippen LogP contribution in [-0.2, 0) is 0 Å². The molecule has 0 aromatic heterocycles. The fourth-order valence-electron chi connectivity index (χ4n) is 1.71. The van der Waals surface area contributed by atoms with Crippen molar-refractivity contribution < 1.29 is 18.3 Å². The fourth-order valence-corrected chi connectivity index (χ4v) is 1.71. The highest BCUT2D eigenvalue weighted by atomic mass is 19.1. The molecular formula is C15H14F2N2O2. The van der Waals surface area contributed by atoms with Gasteiger partial charge in [-0.2, -0.15) is 0 Å². The van der Waals surface area contributed by atoms with E-state index in [1.54, 1.807) is 14.1 Å². The Morgan fingerprint density at radius 1 is 1.10 bits per heavy atom. The highest BCUT2D eigenvalue weighted by Crippen LogP contribution is 2.30. The van der Waals surface area contributed by atoms with E-state index in [1.807, 2.05) is 0 Å². The summed E-state index contributed by atoms with van der Waals surface area (Å²) in [6.45, 7) is 0. The van der Waals surface area contributed by atoms with Crippen LogP contribution in [0.3, 0.4) is 0 Å². The van der Waals surface area contributed by atoms with E-state index >= 15 is 0 Å². The van der Waals surface area contributed by atoms with Crippen LogP contribution in [0.5, 0.6) is 11.5 Å². The van der Waals surface area contributed by atoms with Gasteiger partial charge in [0.1, 0.15) is 5.82 Å². The van der Waals surface area contributed by atoms with E-state index in [0.717, 1.165) is 18.2 Å². The second-order valence-electron chi connectivity index (χ2n) is 4.63. The first-order valence-corrected chi connectivity index (χ1v) is 6.12. The van der Waals surface area contributed by atoms with Crippen molar-refractivity contribution in [1.29, 1.82) is 0 Å². The number of halogens is 2. The molecule has 2 aromatic carbocycles. The SMILES string of the molecule is CN(C)C(=O)c1ccc(Oc2cc(F)ccc2F)c(N)c1. The van der Waals surface area contributed by atoms with Crippen LogP contribution in [0.2, 0.25) is 0 Å². The van der Waals surface area contributed by atoms with Crippen LogP contribution in [0.1, 0.15) is 10.4 Å². The Bertz CT molecular complexity index is 687. The van der Waals surface area contributed by atoms with Gasteiger partial charge in [0, 0.05) is 25.7 Å². The maximum absolute atomic E-state index is 13.5. The highest BCUT2D eigenvalue weighted by molar-refractivity contribution is 5.95. The summed E-state index contributed by atoms with van der Waals surface area (Å²) in [7, 11) is 3.23. The normalized spacial score (nSPS) is 10.3. The van der Waals surface area contributed by atoms with Gasteiger partial charge in [-0.05, 0) is 30.3 Å². The number of hydrogen-bond donors (Lipinski definition) is 1. The maximum Gasteiger partial charge on any atom is 0.253 e. The second kappa shape index (κ2) is 5.78. The lowest BCUT2D eigenvalue weighted by atomic mass is 10.1. The Kier molecular flexibility index (Phi) is 4.07. The number of nitrogens with two attached hydrogens (primary N) is 1. The first-order chi connectivity index (χ1) is 9.88. The fraction of sp³-hybridized carbons (Fsp3) is 0.133. The third-order valence-corrected chi connectivity index (χ3v) is 2.78. The van der Waals surface area contributed by atoms with Gasteiger partial charge in [-0.1, -0.05) is 0 Å². The van der Waals surface area contributed by atoms with Crippen molar-refractivity contribution >= 4 is 11.6 Å². The van der Waals surface area contributed by atoms with E-state index in [0.29, 0.717) is 5.56 Å². The number of nitrogen functional groups attached to an aromatic ring is 1. The van der Waals surface area contributed by atoms with Crippen LogP contribution < -0.4 is 10.5 Å². The second-order valence-corrected chi connectivity index (χ2v) is 4.63. The standard InChI is InChI=1S/C15H14F2N2O2/c1-19(2)15(20)9-3-6-13(12(18)7-9)21-14-8-10(16)4-5-11(14)17/h3-8H,18H2,1-2H3. The topological polar surface area (TPSA) is 55.6 Å². The number of ether oxygens (including phenoxy) is 1. The van der Waals surface area contributed by atoms with E-state index in [2.05, 4.69) is 0 Å². The van der Waals surface area contributed by atoms with Crippen LogP contribution in [0, 0.1) is 11.6 Å². The summed E-state index contributed by atoms with van der Waals surface area (Å²) in [5.74, 6) is -1.66. The lowest BCUT2D eigenvalue weighted by Crippen LogP contribution is -2.21. The van der Waals surface area contributed by atoms with Gasteiger partial charge in [0.15, 0.2) is 17.3 Å². The van der Waals surface area contributed by atoms with Gasteiger partial charge in [-0.15, -0.1) is 0 Å². The van der Waals surface area contributed by atoms with E-state index in [1.165, 1.54) is 23.1 Å². The van der Waals surface area contributed by atoms with Crippen molar-refractivity contribution in [2.24, 2.45) is 0 Å². The summed E-state index contributed by atoms with van der Waals surface area (Å²) in [6.07, 6.45) is 0. The number of amides is 1. The summed E-state index contributed by atoms with van der Waals surface area (Å²) in [5, 5.41) is 0. The smallest absolute Gasteiger partial charge is 0.253 e. The van der Waals surface area contributed by atoms with Gasteiger partial charge in [0.25, 0.3) is 5.91 Å². The molecule has 0 unspecified atom stereocenters. The quantitative estimate of drug-likeness (QED) is 0.885. The van der Waals surface area contributed by atoms with E-state index in [9.17, 15) is 13.6 Å². The van der Waals surface area contributed by atoms with Crippen LogP contribution in [0.15, 0.2) is 36.4 Å². The van der Waals surface area contributed by atoms with Crippen molar-refractivity contribution in [2.75, 3.05) is 19.8 Å². The molecule has 0 radical (unpaired) electrons. The minimum atomic E-state index is -0.704. The Morgan fingerprint density at radius 2 is 1.81 bits per heavy atom. The largest absolute Gasteiger partial charge is 0.452 e. The molecule has 21 heavy (non-hydrogen) atoms. The predicted molar refractivity (Wildman–Crippen MR) is 75.3 cm³/mol. The van der Waals surface area contributed by atoms with Gasteiger partial charge in [-0.25, -0.2) is 8.78 Å². The molecule has 0 heterocycles. The third kappa shape index (κ3) is 3.28. The third-order valence-electron chi connectivity index (χ3n) is 2.78. The minimum absolute atomic E-state index is 0.148. The summed E-state index contributed by atoms with van der Waals surface area (Å²) < 4.78 is 31.8. The molecule has 0 saturated carbocycles. The minimum Gasteiger partial charge on any atom is -0.452 e. The van der Waals surface area contributed by atoms with Crippen LogP contribution in [0.4, 0.5) is 14.5 Å². The molecule has 2 rings (SSSR count). The van der Waals surface area contributed by atoms with Crippen molar-refractivity contribution in [3.63, 3.8) is 0 Å². The molecule has 4 nitrogen and oxygen atoms in total. The number of hydrogen-bond acceptors (Lipinski definition) is 3. The summed E-state index contributed by atoms with van der Waals surface area (Å²) in [4.78, 5) is 13.2. The molecule has 1 amide bonds. The molecule has 0 spiro atoms. The highest BCUT2D eigenvalue weighted by Gasteiger charge is 2.13. The number of benzene rings is 2. The number of nitrogens with zero attached hydrogens (tertiary/aromatic N) is 1. The van der Waals surface area contributed by atoms with Gasteiger partial charge < -0.3 is 15.4 Å². The molecule has 110 valence electrons. The van der Waals surface area contributed by atoms with Gasteiger partial charge in [0.05, 0.1) is 5.69 Å². The average Bonchev–Trinajstić information content (AvgIpc) is 2.44. The molecule has 2 N–H and O–H groups in total. The van der Waals surface area contributed by atoms with Crippen molar-refractivity contribution in [1.82, 2.24) is 4.90 Å². The lowest BCUT2D eigenvalue weighted by Gasteiger charge is -2.13. The van der Waals surface area contributed by atoms with E-state index in [4.69, 9.17) is 10.5 Å². The Balaban J connectivity index is 2.30. The van der Waals surface area contributed by atoms with Crippen LogP contribution in [-0.4, -0.2) is 24.9 Å². The van der Waals surface area contributed by atoms with E-state index < -0.39 is 11.6 Å². The molecule has 0 bridgehead atoms. The zero-order chi connectivity index (χ0) is 15.6. The molecule has 0 aliphatic rings. The molecular weight excluding hydrogens is 278 g/mol. The zero-order valence-electron chi connectivity index (χ0n) is 11.6. The van der Waals surface area contributed by atoms with Crippen molar-refractivity contribution in [2.45, 2.75) is 0 Å². The van der Waals surface area contributed by atoms with Crippen LogP contribution in [0.25, 0.3) is 0 Å². The molecule has 6 heteroatoms. The molecule has 0 atom stereocenters. The van der Waals surface area contributed by atoms with Crippen molar-refractivity contribution in [3.05, 3.63) is 53.6 Å². The summed E-state index contributed by atoms with van der Waals surface area (Å²) in [6, 6.07) is 7.25. The molecule has 2 aromatic rings. The number of rotatable bonds is 3. The predicted octanol–water partition coefficient (Wildman–Crippen LogP) is 3.04. The van der Waals surface area contributed by atoms with Gasteiger partial charge in [-0.3, -0.25) is 4.79 Å². The maximum atomic E-state index is 13.5. The summed E-state index contributed by atoms with van der Waals surface area (Å²) >= 11 is 0. The molecule has 0 aliphatic carbocycles. The number of carbonyl (C=O) groups excluding carboxylic acids is 1. The monoisotopic (exact) mass is 292 g/mol. The zero-order valence-corrected chi connectivity index (χ0v) is 11.6. The Hall–Kier alpha value is -2.63. The van der Waals surface area contributed by atoms with Crippen molar-refractivity contribution in [3.8, 4) is 11.5 Å². The first kappa shape index (κ1) is 14.8. The number of carbonyl (C=O) groups is 1. The van der Waals surface area contributed by atoms with Crippen LogP contribution >= 0.6 is 0 Å².